The molecule has 7 heteroatoms. The zero-order chi connectivity index (χ0) is 16.8. The third-order valence-electron chi connectivity index (χ3n) is 3.12. The van der Waals surface area contributed by atoms with Crippen LogP contribution in [0, 0.1) is 5.82 Å². The van der Waals surface area contributed by atoms with E-state index < -0.39 is 11.8 Å². The average Bonchev–Trinajstić information content (AvgIpc) is 2.56. The second-order valence-electron chi connectivity index (χ2n) is 4.56. The highest BCUT2D eigenvalue weighted by molar-refractivity contribution is 6.31. The van der Waals surface area contributed by atoms with E-state index in [0.717, 1.165) is 5.56 Å². The molecule has 2 amide bonds. The number of halogens is 2. The first kappa shape index (κ1) is 16.9. The van der Waals surface area contributed by atoms with Crippen molar-refractivity contribution in [3.8, 4) is 11.5 Å². The van der Waals surface area contributed by atoms with Gasteiger partial charge in [0.25, 0.3) is 0 Å². The van der Waals surface area contributed by atoms with E-state index in [1.807, 2.05) is 0 Å². The molecule has 0 aromatic heterocycles. The lowest BCUT2D eigenvalue weighted by atomic mass is 10.2. The molecule has 0 heterocycles. The van der Waals surface area contributed by atoms with Crippen molar-refractivity contribution in [1.82, 2.24) is 5.32 Å². The second kappa shape index (κ2) is 7.69. The van der Waals surface area contributed by atoms with Crippen LogP contribution in [0.25, 0.3) is 0 Å². The van der Waals surface area contributed by atoms with Crippen LogP contribution < -0.4 is 20.1 Å². The third-order valence-corrected chi connectivity index (χ3v) is 3.42. The van der Waals surface area contributed by atoms with E-state index in [-0.39, 0.29) is 17.3 Å². The molecule has 2 rings (SSSR count). The maximum atomic E-state index is 13.7. The lowest BCUT2D eigenvalue weighted by Gasteiger charge is -2.13. The molecular weight excluding hydrogens is 323 g/mol. The van der Waals surface area contributed by atoms with Crippen LogP contribution >= 0.6 is 11.6 Å². The number of nitrogens with one attached hydrogen (secondary N) is 2. The number of hydrogen-bond donors (Lipinski definition) is 2. The van der Waals surface area contributed by atoms with Gasteiger partial charge in [0.05, 0.1) is 24.9 Å². The number of carbonyl (C=O) groups excluding carboxylic acids is 1. The molecule has 0 fully saturated rings. The van der Waals surface area contributed by atoms with Crippen LogP contribution in [0.2, 0.25) is 5.02 Å². The first-order chi connectivity index (χ1) is 11.1. The van der Waals surface area contributed by atoms with Crippen LogP contribution in [0.1, 0.15) is 5.56 Å². The van der Waals surface area contributed by atoms with E-state index in [4.69, 9.17) is 21.1 Å². The Morgan fingerprint density at radius 1 is 1.17 bits per heavy atom. The summed E-state index contributed by atoms with van der Waals surface area (Å²) in [5, 5.41) is 4.97. The molecule has 5 nitrogen and oxygen atoms in total. The Bertz CT molecular complexity index is 710. The molecule has 0 unspecified atom stereocenters. The Balaban J connectivity index is 2.04. The Kier molecular flexibility index (Phi) is 5.65. The van der Waals surface area contributed by atoms with Gasteiger partial charge in [-0.15, -0.1) is 0 Å². The summed E-state index contributed by atoms with van der Waals surface area (Å²) in [6.45, 7) is 0.189. The van der Waals surface area contributed by atoms with Gasteiger partial charge in [-0.25, -0.2) is 9.18 Å². The van der Waals surface area contributed by atoms with E-state index in [1.54, 1.807) is 24.3 Å². The SMILES string of the molecule is COc1cccc(CNC(=O)Nc2cccc(Cl)c2F)c1OC. The molecular formula is C16H16ClFN2O3. The molecule has 0 saturated carbocycles. The molecule has 23 heavy (non-hydrogen) atoms. The van der Waals surface area contributed by atoms with Crippen LogP contribution in [-0.2, 0) is 6.54 Å². The Hall–Kier alpha value is -2.47. The van der Waals surface area contributed by atoms with Crippen molar-refractivity contribution in [2.75, 3.05) is 19.5 Å². The quantitative estimate of drug-likeness (QED) is 0.871. The first-order valence-corrected chi connectivity index (χ1v) is 7.13. The summed E-state index contributed by atoms with van der Waals surface area (Å²) in [4.78, 5) is 11.9. The van der Waals surface area contributed by atoms with E-state index in [0.29, 0.717) is 11.5 Å². The number of carbonyl (C=O) groups is 1. The molecule has 2 N–H and O–H groups in total. The van der Waals surface area contributed by atoms with Gasteiger partial charge in [-0.05, 0) is 18.2 Å². The minimum Gasteiger partial charge on any atom is -0.493 e. The van der Waals surface area contributed by atoms with Crippen LogP contribution in [0.15, 0.2) is 36.4 Å². The zero-order valence-electron chi connectivity index (χ0n) is 12.7. The van der Waals surface area contributed by atoms with Crippen molar-refractivity contribution in [1.29, 1.82) is 0 Å². The van der Waals surface area contributed by atoms with Gasteiger partial charge in [-0.2, -0.15) is 0 Å². The summed E-state index contributed by atoms with van der Waals surface area (Å²) < 4.78 is 24.2. The van der Waals surface area contributed by atoms with Crippen LogP contribution in [0.5, 0.6) is 11.5 Å². The van der Waals surface area contributed by atoms with Gasteiger partial charge < -0.3 is 20.1 Å². The number of amides is 2. The molecule has 2 aromatic rings. The van der Waals surface area contributed by atoms with Crippen molar-refractivity contribution in [2.24, 2.45) is 0 Å². The number of rotatable bonds is 5. The van der Waals surface area contributed by atoms with Crippen molar-refractivity contribution in [2.45, 2.75) is 6.54 Å². The largest absolute Gasteiger partial charge is 0.493 e. The first-order valence-electron chi connectivity index (χ1n) is 6.75. The summed E-state index contributed by atoms with van der Waals surface area (Å²) >= 11 is 5.67. The van der Waals surface area contributed by atoms with Gasteiger partial charge >= 0.3 is 6.03 Å². The standard InChI is InChI=1S/C16H16ClFN2O3/c1-22-13-8-3-5-10(15(13)23-2)9-19-16(21)20-12-7-4-6-11(17)14(12)18/h3-8H,9H2,1-2H3,(H2,19,20,21). The number of para-hydroxylation sites is 1. The third kappa shape index (κ3) is 4.04. The molecule has 0 bridgehead atoms. The van der Waals surface area contributed by atoms with E-state index in [1.165, 1.54) is 26.4 Å². The fourth-order valence-corrected chi connectivity index (χ4v) is 2.21. The predicted octanol–water partition coefficient (Wildman–Crippen LogP) is 3.82. The lowest BCUT2D eigenvalue weighted by Crippen LogP contribution is -2.28. The maximum Gasteiger partial charge on any atom is 0.319 e. The summed E-state index contributed by atoms with van der Waals surface area (Å²) in [7, 11) is 3.05. The van der Waals surface area contributed by atoms with Gasteiger partial charge in [0.1, 0.15) is 0 Å². The van der Waals surface area contributed by atoms with Crippen molar-refractivity contribution in [3.63, 3.8) is 0 Å². The highest BCUT2D eigenvalue weighted by Crippen LogP contribution is 2.30. The Labute approximate surface area is 138 Å². The number of methoxy groups -OCH3 is 2. The van der Waals surface area contributed by atoms with E-state index >= 15 is 0 Å². The fraction of sp³-hybridized carbons (Fsp3) is 0.188. The number of benzene rings is 2. The van der Waals surface area contributed by atoms with E-state index in [9.17, 15) is 9.18 Å². The summed E-state index contributed by atoms with van der Waals surface area (Å²) in [6.07, 6.45) is 0. The van der Waals surface area contributed by atoms with Crippen molar-refractivity contribution in [3.05, 3.63) is 52.8 Å². The number of urea groups is 1. The summed E-state index contributed by atoms with van der Waals surface area (Å²) in [5.74, 6) is 0.417. The lowest BCUT2D eigenvalue weighted by molar-refractivity contribution is 0.251. The predicted molar refractivity (Wildman–Crippen MR) is 86.8 cm³/mol. The van der Waals surface area contributed by atoms with Crippen molar-refractivity contribution >= 4 is 23.3 Å². The summed E-state index contributed by atoms with van der Waals surface area (Å²) in [5.41, 5.74) is 0.737. The zero-order valence-corrected chi connectivity index (χ0v) is 13.4. The minimum atomic E-state index is -0.678. The molecule has 0 aliphatic rings. The number of hydrogen-bond acceptors (Lipinski definition) is 3. The summed E-state index contributed by atoms with van der Waals surface area (Å²) in [6, 6.07) is 9.15. The average molecular weight is 339 g/mol. The molecule has 2 aromatic carbocycles. The molecule has 0 atom stereocenters. The molecule has 0 aliphatic carbocycles. The van der Waals surface area contributed by atoms with Crippen LogP contribution in [-0.4, -0.2) is 20.3 Å². The Morgan fingerprint density at radius 3 is 2.61 bits per heavy atom. The molecule has 0 aliphatic heterocycles. The van der Waals surface area contributed by atoms with Gasteiger partial charge in [0.2, 0.25) is 0 Å². The maximum absolute atomic E-state index is 13.7. The van der Waals surface area contributed by atoms with Gasteiger partial charge in [0.15, 0.2) is 17.3 Å². The molecule has 0 radical (unpaired) electrons. The van der Waals surface area contributed by atoms with E-state index in [2.05, 4.69) is 10.6 Å². The molecule has 0 spiro atoms. The molecule has 122 valence electrons. The number of anilines is 1. The monoisotopic (exact) mass is 338 g/mol. The van der Waals surface area contributed by atoms with Crippen LogP contribution in [0.3, 0.4) is 0 Å². The normalized spacial score (nSPS) is 10.1. The molecule has 0 saturated heterocycles. The van der Waals surface area contributed by atoms with Gasteiger partial charge in [-0.3, -0.25) is 0 Å². The topological polar surface area (TPSA) is 59.6 Å². The highest BCUT2D eigenvalue weighted by Gasteiger charge is 2.12. The second-order valence-corrected chi connectivity index (χ2v) is 4.97. The van der Waals surface area contributed by atoms with Gasteiger partial charge in [-0.1, -0.05) is 29.8 Å². The number of ether oxygens (including phenoxy) is 2. The van der Waals surface area contributed by atoms with Crippen LogP contribution in [0.4, 0.5) is 14.9 Å². The minimum absolute atomic E-state index is 0.00704. The highest BCUT2D eigenvalue weighted by atomic mass is 35.5. The fourth-order valence-electron chi connectivity index (χ4n) is 2.04. The smallest absolute Gasteiger partial charge is 0.319 e. The van der Waals surface area contributed by atoms with Crippen molar-refractivity contribution < 1.29 is 18.7 Å². The Morgan fingerprint density at radius 2 is 1.91 bits per heavy atom. The van der Waals surface area contributed by atoms with Gasteiger partial charge in [0, 0.05) is 12.1 Å².